The highest BCUT2D eigenvalue weighted by Gasteiger charge is 2.13. The molecule has 4 heteroatoms. The first-order chi connectivity index (χ1) is 7.49. The largest absolute Gasteiger partial charge is 0.271 e. The molecule has 0 fully saturated rings. The molecule has 1 aromatic rings. The molecule has 0 amide bonds. The van der Waals surface area contributed by atoms with Crippen molar-refractivity contribution < 1.29 is 4.57 Å². The zero-order valence-electron chi connectivity index (χ0n) is 10.3. The molecule has 2 rings (SSSR count). The molecule has 1 aliphatic rings. The van der Waals surface area contributed by atoms with Crippen LogP contribution in [0.15, 0.2) is 12.2 Å². The molecule has 16 heavy (non-hydrogen) atoms. The highest BCUT2D eigenvalue weighted by Crippen LogP contribution is 2.18. The van der Waals surface area contributed by atoms with Crippen LogP contribution in [0.5, 0.6) is 0 Å². The van der Waals surface area contributed by atoms with E-state index in [1.54, 1.807) is 0 Å². The van der Waals surface area contributed by atoms with Crippen molar-refractivity contribution in [2.24, 2.45) is 12.5 Å². The predicted molar refractivity (Wildman–Crippen MR) is 64.1 cm³/mol. The first-order valence-electron chi connectivity index (χ1n) is 5.47. The molecule has 0 saturated carbocycles. The maximum atomic E-state index is 3.14. The van der Waals surface area contributed by atoms with E-state index in [-0.39, 0.29) is 5.41 Å². The van der Waals surface area contributed by atoms with Gasteiger partial charge in [0.25, 0.3) is 5.82 Å². The molecule has 1 aliphatic carbocycles. The van der Waals surface area contributed by atoms with Gasteiger partial charge >= 0.3 is 0 Å². The number of hydrogen-bond donors (Lipinski definition) is 3. The van der Waals surface area contributed by atoms with Crippen LogP contribution in [0.2, 0.25) is 0 Å². The molecule has 3 N–H and O–H groups in total. The first-order valence-corrected chi connectivity index (χ1v) is 5.47. The second-order valence-electron chi connectivity index (χ2n) is 4.81. The SMILES string of the molecule is Cc1[nH][nH][nH]c2c([n+]1C)=CC(C)(C)C=CC=2. The van der Waals surface area contributed by atoms with Crippen LogP contribution in [0.1, 0.15) is 19.7 Å². The predicted octanol–water partition coefficient (Wildman–Crippen LogP) is 0.0852. The lowest BCUT2D eigenvalue weighted by Crippen LogP contribution is -2.55. The quantitative estimate of drug-likeness (QED) is 0.518. The fraction of sp³-hybridized carbons (Fsp3) is 0.417. The third-order valence-electron chi connectivity index (χ3n) is 2.88. The summed E-state index contributed by atoms with van der Waals surface area (Å²) in [5, 5.41) is 11.4. The molecule has 86 valence electrons. The van der Waals surface area contributed by atoms with E-state index in [9.17, 15) is 0 Å². The number of aromatic nitrogens is 4. The first kappa shape index (κ1) is 10.8. The number of nitrogens with zero attached hydrogens (tertiary/aromatic N) is 1. The van der Waals surface area contributed by atoms with Crippen molar-refractivity contribution in [1.82, 2.24) is 15.4 Å². The summed E-state index contributed by atoms with van der Waals surface area (Å²) in [6, 6.07) is 0. The molecule has 0 radical (unpaired) electrons. The zero-order valence-corrected chi connectivity index (χ0v) is 10.3. The summed E-state index contributed by atoms with van der Waals surface area (Å²) in [4.78, 5) is 0. The topological polar surface area (TPSA) is 51.2 Å². The molecule has 0 atom stereocenters. The summed E-state index contributed by atoms with van der Waals surface area (Å²) < 4.78 is 2.13. The minimum atomic E-state index is 0.0636. The molecule has 0 saturated heterocycles. The lowest BCUT2D eigenvalue weighted by atomic mass is 9.93. The van der Waals surface area contributed by atoms with Gasteiger partial charge in [0.05, 0.1) is 7.05 Å². The number of allylic oxidation sites excluding steroid dienone is 2. The van der Waals surface area contributed by atoms with Gasteiger partial charge in [-0.1, -0.05) is 26.0 Å². The van der Waals surface area contributed by atoms with Gasteiger partial charge in [-0.15, -0.1) is 0 Å². The molecule has 0 unspecified atom stereocenters. The Balaban J connectivity index is 2.95. The van der Waals surface area contributed by atoms with E-state index in [0.29, 0.717) is 0 Å². The average molecular weight is 219 g/mol. The number of fused-ring (bicyclic) bond motifs is 1. The molecule has 1 heterocycles. The fourth-order valence-corrected chi connectivity index (χ4v) is 1.79. The van der Waals surface area contributed by atoms with E-state index in [1.807, 2.05) is 6.92 Å². The van der Waals surface area contributed by atoms with Crippen LogP contribution in [-0.2, 0) is 7.05 Å². The van der Waals surface area contributed by atoms with Gasteiger partial charge in [0.15, 0.2) is 0 Å². The molecule has 0 aliphatic heterocycles. The molecule has 0 aromatic carbocycles. The Hall–Kier alpha value is -1.71. The summed E-state index contributed by atoms with van der Waals surface area (Å²) in [6.07, 6.45) is 8.61. The van der Waals surface area contributed by atoms with Crippen molar-refractivity contribution >= 4 is 12.2 Å². The lowest BCUT2D eigenvalue weighted by molar-refractivity contribution is -0.693. The number of H-pyrrole nitrogens is 3. The van der Waals surface area contributed by atoms with Crippen molar-refractivity contribution in [3.8, 4) is 0 Å². The number of nitrogens with one attached hydrogen (secondary N) is 3. The Morgan fingerprint density at radius 1 is 1.25 bits per heavy atom. The molecular formula is C12H19N4+. The van der Waals surface area contributed by atoms with Crippen LogP contribution in [-0.4, -0.2) is 15.4 Å². The van der Waals surface area contributed by atoms with Gasteiger partial charge in [0.1, 0.15) is 10.7 Å². The standard InChI is InChI=1S/C12H18N4/c1-9-13-15-14-10-6-5-7-12(2,3)8-11(10)16(9)4/h5-8,14-15H,1-4H3/p+1. The number of aromatic amines is 3. The Morgan fingerprint density at radius 3 is 2.75 bits per heavy atom. The molecule has 4 nitrogen and oxygen atoms in total. The smallest absolute Gasteiger partial charge is 0.266 e. The normalized spacial score (nSPS) is 16.8. The Kier molecular flexibility index (Phi) is 2.50. The van der Waals surface area contributed by atoms with Crippen molar-refractivity contribution in [2.75, 3.05) is 0 Å². The maximum Gasteiger partial charge on any atom is 0.271 e. The Labute approximate surface area is 94.7 Å². The van der Waals surface area contributed by atoms with Gasteiger partial charge < -0.3 is 0 Å². The average Bonchev–Trinajstić information content (AvgIpc) is 2.42. The Morgan fingerprint density at radius 2 is 2.00 bits per heavy atom. The zero-order chi connectivity index (χ0) is 11.8. The van der Waals surface area contributed by atoms with Gasteiger partial charge in [-0.2, -0.15) is 10.3 Å². The van der Waals surface area contributed by atoms with Crippen LogP contribution in [0.4, 0.5) is 0 Å². The summed E-state index contributed by atoms with van der Waals surface area (Å²) >= 11 is 0. The summed E-state index contributed by atoms with van der Waals surface area (Å²) in [5.41, 5.74) is 0.0636. The maximum absolute atomic E-state index is 3.14. The van der Waals surface area contributed by atoms with Gasteiger partial charge in [-0.05, 0) is 12.2 Å². The van der Waals surface area contributed by atoms with Gasteiger partial charge in [0.2, 0.25) is 0 Å². The lowest BCUT2D eigenvalue weighted by Gasteiger charge is -2.12. The van der Waals surface area contributed by atoms with E-state index >= 15 is 0 Å². The number of rotatable bonds is 0. The summed E-state index contributed by atoms with van der Waals surface area (Å²) in [7, 11) is 2.05. The van der Waals surface area contributed by atoms with E-state index in [2.05, 4.69) is 65.2 Å². The molecule has 0 bridgehead atoms. The van der Waals surface area contributed by atoms with Crippen molar-refractivity contribution in [3.63, 3.8) is 0 Å². The van der Waals surface area contributed by atoms with Gasteiger partial charge in [-0.25, -0.2) is 4.57 Å². The molecule has 0 spiro atoms. The van der Waals surface area contributed by atoms with Crippen LogP contribution < -0.4 is 15.3 Å². The summed E-state index contributed by atoms with van der Waals surface area (Å²) in [6.45, 7) is 6.42. The molecular weight excluding hydrogens is 200 g/mol. The minimum Gasteiger partial charge on any atom is -0.266 e. The van der Waals surface area contributed by atoms with Crippen molar-refractivity contribution in [2.45, 2.75) is 20.8 Å². The van der Waals surface area contributed by atoms with Crippen LogP contribution >= 0.6 is 0 Å². The summed E-state index contributed by atoms with van der Waals surface area (Å²) in [5.74, 6) is 1.06. The van der Waals surface area contributed by atoms with E-state index in [0.717, 1.165) is 11.2 Å². The third kappa shape index (κ3) is 1.96. The van der Waals surface area contributed by atoms with E-state index in [1.165, 1.54) is 5.35 Å². The second kappa shape index (κ2) is 3.70. The molecule has 1 aromatic heterocycles. The monoisotopic (exact) mass is 219 g/mol. The van der Waals surface area contributed by atoms with Crippen molar-refractivity contribution in [3.05, 3.63) is 28.7 Å². The van der Waals surface area contributed by atoms with Crippen LogP contribution in [0, 0.1) is 12.3 Å². The minimum absolute atomic E-state index is 0.0636. The van der Waals surface area contributed by atoms with E-state index in [4.69, 9.17) is 0 Å². The third-order valence-corrected chi connectivity index (χ3v) is 2.88. The van der Waals surface area contributed by atoms with Crippen molar-refractivity contribution in [1.29, 1.82) is 0 Å². The fourth-order valence-electron chi connectivity index (χ4n) is 1.79. The van der Waals surface area contributed by atoms with Gasteiger partial charge in [0, 0.05) is 12.3 Å². The van der Waals surface area contributed by atoms with Crippen LogP contribution in [0.3, 0.4) is 0 Å². The van der Waals surface area contributed by atoms with Crippen LogP contribution in [0.25, 0.3) is 12.2 Å². The highest BCUT2D eigenvalue weighted by atomic mass is 15.3. The Bertz CT molecular complexity index is 576. The second-order valence-corrected chi connectivity index (χ2v) is 4.81. The van der Waals surface area contributed by atoms with Gasteiger partial charge in [-0.3, -0.25) is 5.10 Å². The highest BCUT2D eigenvalue weighted by molar-refractivity contribution is 5.44. The number of hydrogen-bond acceptors (Lipinski definition) is 0. The van der Waals surface area contributed by atoms with E-state index < -0.39 is 0 Å². The number of aryl methyl sites for hydroxylation is 1.